The Kier molecular flexibility index (Phi) is 5.03. The molecule has 158 valence electrons. The van der Waals surface area contributed by atoms with Gasteiger partial charge in [-0.3, -0.25) is 0 Å². The van der Waals surface area contributed by atoms with Crippen molar-refractivity contribution in [2.75, 3.05) is 20.3 Å². The van der Waals surface area contributed by atoms with Crippen LogP contribution in [0.3, 0.4) is 0 Å². The number of carbonyl (C=O) groups is 1. The van der Waals surface area contributed by atoms with Gasteiger partial charge in [0.05, 0.1) is 13.2 Å². The lowest BCUT2D eigenvalue weighted by molar-refractivity contribution is -0.184. The first-order chi connectivity index (χ1) is 14.6. The van der Waals surface area contributed by atoms with Crippen molar-refractivity contribution in [2.45, 2.75) is 50.5 Å². The molecule has 0 bridgehead atoms. The number of nitrogens with zero attached hydrogens (tertiary/aromatic N) is 1. The van der Waals surface area contributed by atoms with E-state index in [1.807, 2.05) is 31.3 Å². The van der Waals surface area contributed by atoms with Crippen LogP contribution in [0.25, 0.3) is 11.1 Å². The van der Waals surface area contributed by atoms with Gasteiger partial charge in [0.1, 0.15) is 0 Å². The number of hydrogen-bond acceptors (Lipinski definition) is 4. The van der Waals surface area contributed by atoms with Crippen molar-refractivity contribution in [3.63, 3.8) is 0 Å². The van der Waals surface area contributed by atoms with Crippen LogP contribution in [0.1, 0.15) is 49.8 Å². The van der Waals surface area contributed by atoms with E-state index in [9.17, 15) is 4.79 Å². The summed E-state index contributed by atoms with van der Waals surface area (Å²) < 4.78 is 17.8. The summed E-state index contributed by atoms with van der Waals surface area (Å²) in [7, 11) is 1.85. The minimum Gasteiger partial charge on any atom is -0.436 e. The first kappa shape index (κ1) is 19.6. The summed E-state index contributed by atoms with van der Waals surface area (Å²) in [4.78, 5) is 14.9. The molecule has 1 unspecified atom stereocenters. The smallest absolute Gasteiger partial charge is 0.410 e. The van der Waals surface area contributed by atoms with Crippen LogP contribution < -0.4 is 0 Å². The zero-order valence-electron chi connectivity index (χ0n) is 17.7. The predicted molar refractivity (Wildman–Crippen MR) is 114 cm³/mol. The quantitative estimate of drug-likeness (QED) is 0.706. The number of amides is 1. The Labute approximate surface area is 177 Å². The van der Waals surface area contributed by atoms with Gasteiger partial charge in [0.2, 0.25) is 0 Å². The molecule has 5 nitrogen and oxygen atoms in total. The largest absolute Gasteiger partial charge is 0.436 e. The second-order valence-corrected chi connectivity index (χ2v) is 8.73. The van der Waals surface area contributed by atoms with Crippen molar-refractivity contribution in [3.05, 3.63) is 59.7 Å². The third-order valence-corrected chi connectivity index (χ3v) is 7.18. The molecule has 1 saturated carbocycles. The number of fused-ring (bicyclic) bond motifs is 3. The minimum atomic E-state index is -0.368. The van der Waals surface area contributed by atoms with Gasteiger partial charge >= 0.3 is 6.09 Å². The summed E-state index contributed by atoms with van der Waals surface area (Å²) >= 11 is 0. The van der Waals surface area contributed by atoms with Gasteiger partial charge in [-0.05, 0) is 36.8 Å². The number of hydrogen-bond donors (Lipinski definition) is 0. The van der Waals surface area contributed by atoms with E-state index in [0.29, 0.717) is 19.1 Å². The molecule has 1 saturated heterocycles. The maximum atomic E-state index is 13.1. The summed E-state index contributed by atoms with van der Waals surface area (Å²) in [5.41, 5.74) is 4.41. The molecule has 5 rings (SSSR count). The SMILES string of the molecule is CC(C1CCC2(CC1)OCCO2)N(C)C(=O)OC1c2ccccc2-c2ccccc21. The lowest BCUT2D eigenvalue weighted by atomic mass is 9.81. The molecular weight excluding hydrogens is 378 g/mol. The average Bonchev–Trinajstić information content (AvgIpc) is 3.37. The van der Waals surface area contributed by atoms with E-state index in [2.05, 4.69) is 31.2 Å². The van der Waals surface area contributed by atoms with E-state index >= 15 is 0 Å². The topological polar surface area (TPSA) is 48.0 Å². The van der Waals surface area contributed by atoms with Crippen molar-refractivity contribution in [2.24, 2.45) is 5.92 Å². The Balaban J connectivity index is 1.27. The average molecular weight is 408 g/mol. The van der Waals surface area contributed by atoms with Gasteiger partial charge < -0.3 is 19.1 Å². The van der Waals surface area contributed by atoms with Gasteiger partial charge in [-0.1, -0.05) is 48.5 Å². The first-order valence-electron chi connectivity index (χ1n) is 11.0. The van der Waals surface area contributed by atoms with Crippen molar-refractivity contribution < 1.29 is 19.0 Å². The molecule has 0 radical (unpaired) electrons. The molecule has 30 heavy (non-hydrogen) atoms. The van der Waals surface area contributed by atoms with Gasteiger partial charge in [-0.25, -0.2) is 4.79 Å². The van der Waals surface area contributed by atoms with Gasteiger partial charge in [0.25, 0.3) is 0 Å². The van der Waals surface area contributed by atoms with Crippen LogP contribution in [0.2, 0.25) is 0 Å². The molecule has 1 heterocycles. The van der Waals surface area contributed by atoms with Crippen molar-refractivity contribution >= 4 is 6.09 Å². The second kappa shape index (κ2) is 7.71. The standard InChI is InChI=1S/C25H29NO4/c1-17(18-11-13-25(14-12-18)28-15-16-29-25)26(2)24(27)30-23-21-9-5-3-7-19(21)20-8-4-6-10-22(20)23/h3-10,17-18,23H,11-16H2,1-2H3. The van der Waals surface area contributed by atoms with Crippen LogP contribution in [-0.4, -0.2) is 43.1 Å². The molecule has 1 atom stereocenters. The van der Waals surface area contributed by atoms with E-state index in [4.69, 9.17) is 14.2 Å². The van der Waals surface area contributed by atoms with Crippen LogP contribution >= 0.6 is 0 Å². The monoisotopic (exact) mass is 407 g/mol. The highest BCUT2D eigenvalue weighted by molar-refractivity contribution is 5.79. The maximum absolute atomic E-state index is 13.1. The Bertz CT molecular complexity index is 881. The summed E-state index contributed by atoms with van der Waals surface area (Å²) in [6, 6.07) is 16.5. The number of ether oxygens (including phenoxy) is 3. The normalized spacial score (nSPS) is 21.3. The van der Waals surface area contributed by atoms with Crippen molar-refractivity contribution in [1.29, 1.82) is 0 Å². The molecule has 1 spiro atoms. The van der Waals surface area contributed by atoms with Crippen LogP contribution in [0.5, 0.6) is 0 Å². The minimum absolute atomic E-state index is 0.100. The van der Waals surface area contributed by atoms with Crippen LogP contribution in [0.15, 0.2) is 48.5 Å². The Morgan fingerprint density at radius 2 is 1.53 bits per heavy atom. The van der Waals surface area contributed by atoms with Crippen LogP contribution in [0.4, 0.5) is 4.79 Å². The molecule has 1 aliphatic heterocycles. The van der Waals surface area contributed by atoms with Gasteiger partial charge in [-0.2, -0.15) is 0 Å². The van der Waals surface area contributed by atoms with E-state index in [1.54, 1.807) is 4.90 Å². The van der Waals surface area contributed by atoms with Crippen LogP contribution in [0, 0.1) is 5.92 Å². The highest BCUT2D eigenvalue weighted by atomic mass is 16.7. The van der Waals surface area contributed by atoms with E-state index in [0.717, 1.165) is 47.9 Å². The van der Waals surface area contributed by atoms with Crippen LogP contribution in [-0.2, 0) is 14.2 Å². The fourth-order valence-electron chi connectivity index (χ4n) is 5.25. The fraction of sp³-hybridized carbons (Fsp3) is 0.480. The summed E-state index contributed by atoms with van der Waals surface area (Å²) in [5.74, 6) is 0.0520. The van der Waals surface area contributed by atoms with Crippen molar-refractivity contribution in [1.82, 2.24) is 4.90 Å². The molecule has 2 aliphatic carbocycles. The predicted octanol–water partition coefficient (Wildman–Crippen LogP) is 5.15. The second-order valence-electron chi connectivity index (χ2n) is 8.73. The Morgan fingerprint density at radius 3 is 2.10 bits per heavy atom. The summed E-state index contributed by atoms with van der Waals surface area (Å²) in [5, 5.41) is 0. The van der Waals surface area contributed by atoms with E-state index in [1.165, 1.54) is 0 Å². The molecule has 2 aromatic carbocycles. The van der Waals surface area contributed by atoms with Gasteiger partial charge in [0.15, 0.2) is 11.9 Å². The maximum Gasteiger partial charge on any atom is 0.410 e. The number of rotatable bonds is 3. The number of carbonyl (C=O) groups excluding carboxylic acids is 1. The Morgan fingerprint density at radius 1 is 1.00 bits per heavy atom. The molecule has 2 aromatic rings. The zero-order valence-corrected chi connectivity index (χ0v) is 17.7. The fourth-order valence-corrected chi connectivity index (χ4v) is 5.25. The lowest BCUT2D eigenvalue weighted by Crippen LogP contribution is -2.44. The number of benzene rings is 2. The zero-order chi connectivity index (χ0) is 20.7. The molecule has 2 fully saturated rings. The molecule has 0 N–H and O–H groups in total. The van der Waals surface area contributed by atoms with Crippen molar-refractivity contribution in [3.8, 4) is 11.1 Å². The highest BCUT2D eigenvalue weighted by Gasteiger charge is 2.42. The molecule has 5 heteroatoms. The van der Waals surface area contributed by atoms with E-state index in [-0.39, 0.29) is 24.0 Å². The highest BCUT2D eigenvalue weighted by Crippen LogP contribution is 2.45. The molecule has 3 aliphatic rings. The Hall–Kier alpha value is -2.37. The molecule has 0 aromatic heterocycles. The lowest BCUT2D eigenvalue weighted by Gasteiger charge is -2.40. The molecule has 1 amide bonds. The van der Waals surface area contributed by atoms with E-state index < -0.39 is 0 Å². The summed E-state index contributed by atoms with van der Waals surface area (Å²) in [6.45, 7) is 3.50. The van der Waals surface area contributed by atoms with Gasteiger partial charge in [0, 0.05) is 37.1 Å². The third-order valence-electron chi connectivity index (χ3n) is 7.18. The summed E-state index contributed by atoms with van der Waals surface area (Å²) in [6.07, 6.45) is 3.16. The first-order valence-corrected chi connectivity index (χ1v) is 11.0. The van der Waals surface area contributed by atoms with Gasteiger partial charge in [-0.15, -0.1) is 0 Å². The third kappa shape index (κ3) is 3.30. The molecular formula is C25H29NO4.